The lowest BCUT2D eigenvalue weighted by Crippen LogP contribution is -2.13. The first-order valence-corrected chi connectivity index (χ1v) is 8.96. The first kappa shape index (κ1) is 16.3. The van der Waals surface area contributed by atoms with Crippen molar-refractivity contribution in [2.45, 2.75) is 38.5 Å². The van der Waals surface area contributed by atoms with Crippen LogP contribution in [0.5, 0.6) is 0 Å². The minimum absolute atomic E-state index is 0.756. The van der Waals surface area contributed by atoms with Crippen LogP contribution in [0.2, 0.25) is 5.02 Å². The van der Waals surface area contributed by atoms with Gasteiger partial charge >= 0.3 is 0 Å². The molecule has 120 valence electrons. The van der Waals surface area contributed by atoms with Gasteiger partial charge in [-0.3, -0.25) is 4.98 Å². The molecule has 0 atom stereocenters. The minimum atomic E-state index is 0.756. The van der Waals surface area contributed by atoms with Gasteiger partial charge in [-0.1, -0.05) is 35.9 Å². The summed E-state index contributed by atoms with van der Waals surface area (Å²) in [7, 11) is 0. The summed E-state index contributed by atoms with van der Waals surface area (Å²) in [5.74, 6) is 1.63. The number of aromatic nitrogens is 1. The summed E-state index contributed by atoms with van der Waals surface area (Å²) in [5.41, 5.74) is 3.47. The van der Waals surface area contributed by atoms with Gasteiger partial charge in [0.1, 0.15) is 0 Å². The molecule has 23 heavy (non-hydrogen) atoms. The van der Waals surface area contributed by atoms with E-state index >= 15 is 0 Å². The number of benzene rings is 1. The van der Waals surface area contributed by atoms with Crippen LogP contribution >= 0.6 is 11.6 Å². The third-order valence-corrected chi connectivity index (χ3v) is 5.28. The van der Waals surface area contributed by atoms with Gasteiger partial charge in [0.05, 0.1) is 5.69 Å². The fourth-order valence-electron chi connectivity index (χ4n) is 3.45. The number of nitrogens with zero attached hydrogens (tertiary/aromatic N) is 1. The van der Waals surface area contributed by atoms with Crippen LogP contribution < -0.4 is 0 Å². The topological polar surface area (TPSA) is 12.9 Å². The SMILES string of the molecule is C=CC1CCC(CCc2ccc(-c3ccc(Cl)cc3)nc2)CC1. The maximum Gasteiger partial charge on any atom is 0.0702 e. The Kier molecular flexibility index (Phi) is 5.51. The first-order valence-electron chi connectivity index (χ1n) is 8.58. The van der Waals surface area contributed by atoms with E-state index in [-0.39, 0.29) is 0 Å². The van der Waals surface area contributed by atoms with Gasteiger partial charge < -0.3 is 0 Å². The van der Waals surface area contributed by atoms with Gasteiger partial charge in [-0.15, -0.1) is 6.58 Å². The molecule has 1 fully saturated rings. The fourth-order valence-corrected chi connectivity index (χ4v) is 3.57. The lowest BCUT2D eigenvalue weighted by molar-refractivity contribution is 0.296. The Bertz CT molecular complexity index is 622. The number of halogens is 1. The quantitative estimate of drug-likeness (QED) is 0.585. The van der Waals surface area contributed by atoms with E-state index in [2.05, 4.69) is 29.8 Å². The van der Waals surface area contributed by atoms with Crippen LogP contribution in [-0.2, 0) is 6.42 Å². The van der Waals surface area contributed by atoms with E-state index in [1.54, 1.807) is 0 Å². The summed E-state index contributed by atoms with van der Waals surface area (Å²) in [6.07, 6.45) is 11.9. The van der Waals surface area contributed by atoms with Crippen LogP contribution in [0.3, 0.4) is 0 Å². The molecule has 0 unspecified atom stereocenters. The van der Waals surface area contributed by atoms with Crippen molar-refractivity contribution in [1.29, 1.82) is 0 Å². The van der Waals surface area contributed by atoms with E-state index in [4.69, 9.17) is 11.6 Å². The molecule has 1 aliphatic carbocycles. The average Bonchev–Trinajstić information content (AvgIpc) is 2.61. The highest BCUT2D eigenvalue weighted by atomic mass is 35.5. The minimum Gasteiger partial charge on any atom is -0.256 e. The summed E-state index contributed by atoms with van der Waals surface area (Å²) in [5, 5.41) is 0.761. The number of allylic oxidation sites excluding steroid dienone is 1. The van der Waals surface area contributed by atoms with E-state index in [1.807, 2.05) is 30.5 Å². The van der Waals surface area contributed by atoms with Gasteiger partial charge in [-0.2, -0.15) is 0 Å². The Morgan fingerprint density at radius 1 is 1.04 bits per heavy atom. The Labute approximate surface area is 144 Å². The zero-order valence-electron chi connectivity index (χ0n) is 13.5. The molecule has 1 aromatic carbocycles. The third kappa shape index (κ3) is 4.45. The smallest absolute Gasteiger partial charge is 0.0702 e. The summed E-state index contributed by atoms with van der Waals surface area (Å²) in [4.78, 5) is 4.61. The maximum atomic E-state index is 5.93. The fraction of sp³-hybridized carbons (Fsp3) is 0.381. The molecule has 0 N–H and O–H groups in total. The number of pyridine rings is 1. The molecule has 1 aliphatic rings. The Morgan fingerprint density at radius 3 is 2.39 bits per heavy atom. The second-order valence-electron chi connectivity index (χ2n) is 6.61. The van der Waals surface area contributed by atoms with Gasteiger partial charge in [0.15, 0.2) is 0 Å². The molecule has 1 nitrogen and oxygen atoms in total. The zero-order valence-corrected chi connectivity index (χ0v) is 14.3. The molecule has 2 heteroatoms. The molecular formula is C21H24ClN. The van der Waals surface area contributed by atoms with Gasteiger partial charge in [0.2, 0.25) is 0 Å². The van der Waals surface area contributed by atoms with Crippen molar-refractivity contribution < 1.29 is 0 Å². The van der Waals surface area contributed by atoms with Gasteiger partial charge in [0, 0.05) is 16.8 Å². The lowest BCUT2D eigenvalue weighted by Gasteiger charge is -2.26. The van der Waals surface area contributed by atoms with Crippen LogP contribution in [0.4, 0.5) is 0 Å². The second kappa shape index (κ2) is 7.79. The molecule has 1 aromatic heterocycles. The average molecular weight is 326 g/mol. The third-order valence-electron chi connectivity index (χ3n) is 5.03. The number of aryl methyl sites for hydroxylation is 1. The largest absolute Gasteiger partial charge is 0.256 e. The van der Waals surface area contributed by atoms with E-state index in [1.165, 1.54) is 37.7 Å². The number of rotatable bonds is 5. The van der Waals surface area contributed by atoms with Crippen molar-refractivity contribution in [3.05, 3.63) is 65.8 Å². The highest BCUT2D eigenvalue weighted by Gasteiger charge is 2.18. The molecule has 1 saturated carbocycles. The predicted octanol–water partition coefficient (Wildman–Crippen LogP) is 6.33. The zero-order chi connectivity index (χ0) is 16.1. The van der Waals surface area contributed by atoms with Crippen molar-refractivity contribution in [3.8, 4) is 11.3 Å². The number of hydrogen-bond acceptors (Lipinski definition) is 1. The van der Waals surface area contributed by atoms with Crippen molar-refractivity contribution in [3.63, 3.8) is 0 Å². The molecular weight excluding hydrogens is 302 g/mol. The van der Waals surface area contributed by atoms with Crippen molar-refractivity contribution in [2.75, 3.05) is 0 Å². The highest BCUT2D eigenvalue weighted by Crippen LogP contribution is 2.32. The Balaban J connectivity index is 1.54. The van der Waals surface area contributed by atoms with Gasteiger partial charge in [-0.25, -0.2) is 0 Å². The van der Waals surface area contributed by atoms with Crippen LogP contribution in [0.15, 0.2) is 55.3 Å². The maximum absolute atomic E-state index is 5.93. The Hall–Kier alpha value is -1.60. The molecule has 0 saturated heterocycles. The molecule has 2 aromatic rings. The molecule has 0 radical (unpaired) electrons. The van der Waals surface area contributed by atoms with Crippen molar-refractivity contribution >= 4 is 11.6 Å². The Morgan fingerprint density at radius 2 is 1.78 bits per heavy atom. The van der Waals surface area contributed by atoms with Gasteiger partial charge in [-0.05, 0) is 74.1 Å². The van der Waals surface area contributed by atoms with Crippen LogP contribution in [0.1, 0.15) is 37.7 Å². The van der Waals surface area contributed by atoms with Crippen LogP contribution in [0.25, 0.3) is 11.3 Å². The van der Waals surface area contributed by atoms with E-state index in [9.17, 15) is 0 Å². The summed E-state index contributed by atoms with van der Waals surface area (Å²) < 4.78 is 0. The second-order valence-corrected chi connectivity index (χ2v) is 7.05. The van der Waals surface area contributed by atoms with Crippen LogP contribution in [-0.4, -0.2) is 4.98 Å². The predicted molar refractivity (Wildman–Crippen MR) is 98.6 cm³/mol. The van der Waals surface area contributed by atoms with E-state index < -0.39 is 0 Å². The molecule has 3 rings (SSSR count). The summed E-state index contributed by atoms with van der Waals surface area (Å²) >= 11 is 5.93. The molecule has 1 heterocycles. The molecule has 0 bridgehead atoms. The van der Waals surface area contributed by atoms with Crippen molar-refractivity contribution in [2.24, 2.45) is 11.8 Å². The normalized spacial score (nSPS) is 21.1. The van der Waals surface area contributed by atoms with E-state index in [0.29, 0.717) is 0 Å². The monoisotopic (exact) mass is 325 g/mol. The molecule has 0 spiro atoms. The summed E-state index contributed by atoms with van der Waals surface area (Å²) in [6.45, 7) is 3.93. The van der Waals surface area contributed by atoms with Crippen LogP contribution in [0, 0.1) is 11.8 Å². The van der Waals surface area contributed by atoms with E-state index in [0.717, 1.165) is 34.5 Å². The highest BCUT2D eigenvalue weighted by molar-refractivity contribution is 6.30. The molecule has 0 aliphatic heterocycles. The lowest BCUT2D eigenvalue weighted by atomic mass is 9.80. The standard InChI is InChI=1S/C21H24ClN/c1-2-16-3-5-17(6-4-16)7-8-18-9-14-21(23-15-18)19-10-12-20(22)13-11-19/h2,9-17H,1,3-8H2. The van der Waals surface area contributed by atoms with Gasteiger partial charge in [0.25, 0.3) is 0 Å². The number of hydrogen-bond donors (Lipinski definition) is 0. The van der Waals surface area contributed by atoms with Crippen molar-refractivity contribution in [1.82, 2.24) is 4.98 Å². The summed E-state index contributed by atoms with van der Waals surface area (Å²) in [6, 6.07) is 12.2. The molecule has 0 amide bonds. The first-order chi connectivity index (χ1) is 11.2.